The number of halogens is 2. The zero-order valence-corrected chi connectivity index (χ0v) is 15.2. The maximum absolute atomic E-state index is 13.3. The molecule has 1 fully saturated rings. The van der Waals surface area contributed by atoms with Crippen molar-refractivity contribution in [1.29, 1.82) is 0 Å². The zero-order chi connectivity index (χ0) is 18.7. The molecular formula is C18H20ClFN4O2. The molecular weight excluding hydrogens is 359 g/mol. The number of aromatic nitrogens is 2. The Morgan fingerprint density at radius 1 is 1.23 bits per heavy atom. The van der Waals surface area contributed by atoms with Crippen LogP contribution >= 0.6 is 11.6 Å². The molecule has 26 heavy (non-hydrogen) atoms. The molecule has 0 N–H and O–H groups in total. The van der Waals surface area contributed by atoms with Crippen LogP contribution in [-0.2, 0) is 11.3 Å². The van der Waals surface area contributed by atoms with E-state index in [0.717, 1.165) is 0 Å². The number of amides is 2. The van der Waals surface area contributed by atoms with Gasteiger partial charge in [-0.25, -0.2) is 4.39 Å². The first-order valence-corrected chi connectivity index (χ1v) is 8.83. The highest BCUT2D eigenvalue weighted by Crippen LogP contribution is 2.14. The third-order valence-electron chi connectivity index (χ3n) is 4.43. The first-order chi connectivity index (χ1) is 12.4. The van der Waals surface area contributed by atoms with Gasteiger partial charge in [-0.3, -0.25) is 14.3 Å². The van der Waals surface area contributed by atoms with E-state index < -0.39 is 5.82 Å². The Morgan fingerprint density at radius 2 is 1.92 bits per heavy atom. The lowest BCUT2D eigenvalue weighted by atomic mass is 10.1. The molecule has 3 rings (SSSR count). The van der Waals surface area contributed by atoms with Crippen LogP contribution < -0.4 is 0 Å². The van der Waals surface area contributed by atoms with Crippen molar-refractivity contribution in [3.05, 3.63) is 53.1 Å². The van der Waals surface area contributed by atoms with E-state index in [0.29, 0.717) is 43.3 Å². The highest BCUT2D eigenvalue weighted by molar-refractivity contribution is 6.30. The monoisotopic (exact) mass is 378 g/mol. The van der Waals surface area contributed by atoms with Crippen molar-refractivity contribution in [2.75, 3.05) is 26.2 Å². The van der Waals surface area contributed by atoms with Crippen molar-refractivity contribution in [1.82, 2.24) is 19.6 Å². The second kappa shape index (κ2) is 7.86. The molecule has 1 aromatic heterocycles. The predicted molar refractivity (Wildman–Crippen MR) is 95.3 cm³/mol. The van der Waals surface area contributed by atoms with Crippen molar-refractivity contribution in [2.45, 2.75) is 13.5 Å². The fourth-order valence-corrected chi connectivity index (χ4v) is 3.20. The fourth-order valence-electron chi connectivity index (χ4n) is 3.04. The smallest absolute Gasteiger partial charge is 0.254 e. The summed E-state index contributed by atoms with van der Waals surface area (Å²) in [5.41, 5.74) is 0.328. The van der Waals surface area contributed by atoms with E-state index >= 15 is 0 Å². The van der Waals surface area contributed by atoms with Gasteiger partial charge < -0.3 is 9.80 Å². The van der Waals surface area contributed by atoms with Gasteiger partial charge in [0.05, 0.1) is 23.7 Å². The first kappa shape index (κ1) is 18.4. The molecule has 2 heterocycles. The lowest BCUT2D eigenvalue weighted by Gasteiger charge is -2.36. The predicted octanol–water partition coefficient (Wildman–Crippen LogP) is 2.30. The quantitative estimate of drug-likeness (QED) is 0.820. The summed E-state index contributed by atoms with van der Waals surface area (Å²) in [5, 5.41) is 4.63. The summed E-state index contributed by atoms with van der Waals surface area (Å²) in [6.07, 6.45) is 3.22. The SMILES string of the molecule is CC(Cn1cc(Cl)cn1)C(=O)N1CCN(C(=O)c2cccc(F)c2)CC1. The van der Waals surface area contributed by atoms with E-state index in [1.165, 1.54) is 24.4 Å². The zero-order valence-electron chi connectivity index (χ0n) is 14.4. The third-order valence-corrected chi connectivity index (χ3v) is 4.63. The third kappa shape index (κ3) is 4.22. The van der Waals surface area contributed by atoms with Crippen LogP contribution in [0.25, 0.3) is 0 Å². The van der Waals surface area contributed by atoms with Crippen LogP contribution in [0.4, 0.5) is 4.39 Å². The Kier molecular flexibility index (Phi) is 5.56. The van der Waals surface area contributed by atoms with Crippen LogP contribution in [0.2, 0.25) is 5.02 Å². The van der Waals surface area contributed by atoms with Gasteiger partial charge in [0.25, 0.3) is 5.91 Å². The van der Waals surface area contributed by atoms with Crippen LogP contribution in [-0.4, -0.2) is 57.6 Å². The molecule has 1 aliphatic rings. The van der Waals surface area contributed by atoms with E-state index in [4.69, 9.17) is 11.6 Å². The van der Waals surface area contributed by atoms with Gasteiger partial charge in [-0.2, -0.15) is 5.10 Å². The molecule has 1 atom stereocenters. The second-order valence-electron chi connectivity index (χ2n) is 6.41. The van der Waals surface area contributed by atoms with Crippen molar-refractivity contribution < 1.29 is 14.0 Å². The normalized spacial score (nSPS) is 15.8. The Hall–Kier alpha value is -2.41. The molecule has 138 valence electrons. The van der Waals surface area contributed by atoms with Crippen LogP contribution in [0.5, 0.6) is 0 Å². The molecule has 2 amide bonds. The van der Waals surface area contributed by atoms with E-state index in [-0.39, 0.29) is 17.7 Å². The minimum Gasteiger partial charge on any atom is -0.339 e. The number of rotatable bonds is 4. The molecule has 1 aliphatic heterocycles. The second-order valence-corrected chi connectivity index (χ2v) is 6.85. The van der Waals surface area contributed by atoms with Gasteiger partial charge in [0, 0.05) is 37.9 Å². The van der Waals surface area contributed by atoms with Crippen LogP contribution in [0.15, 0.2) is 36.7 Å². The molecule has 8 heteroatoms. The number of nitrogens with zero attached hydrogens (tertiary/aromatic N) is 4. The highest BCUT2D eigenvalue weighted by Gasteiger charge is 2.27. The fraction of sp³-hybridized carbons (Fsp3) is 0.389. The molecule has 0 aliphatic carbocycles. The van der Waals surface area contributed by atoms with E-state index in [2.05, 4.69) is 5.10 Å². The van der Waals surface area contributed by atoms with Crippen molar-refractivity contribution in [2.24, 2.45) is 5.92 Å². The Morgan fingerprint density at radius 3 is 2.54 bits per heavy atom. The molecule has 0 bridgehead atoms. The Bertz CT molecular complexity index is 802. The first-order valence-electron chi connectivity index (χ1n) is 8.45. The molecule has 1 unspecified atom stereocenters. The van der Waals surface area contributed by atoms with E-state index in [9.17, 15) is 14.0 Å². The Balaban J connectivity index is 1.54. The van der Waals surface area contributed by atoms with Gasteiger partial charge >= 0.3 is 0 Å². The minimum absolute atomic E-state index is 0.0227. The van der Waals surface area contributed by atoms with Crippen LogP contribution in [0.3, 0.4) is 0 Å². The topological polar surface area (TPSA) is 58.4 Å². The van der Waals surface area contributed by atoms with Crippen molar-refractivity contribution >= 4 is 23.4 Å². The van der Waals surface area contributed by atoms with Gasteiger partial charge in [-0.05, 0) is 18.2 Å². The average molecular weight is 379 g/mol. The molecule has 0 spiro atoms. The summed E-state index contributed by atoms with van der Waals surface area (Å²) >= 11 is 5.84. The number of hydrogen-bond acceptors (Lipinski definition) is 3. The maximum atomic E-state index is 13.3. The van der Waals surface area contributed by atoms with Crippen LogP contribution in [0.1, 0.15) is 17.3 Å². The van der Waals surface area contributed by atoms with Gasteiger partial charge in [0.15, 0.2) is 0 Å². The summed E-state index contributed by atoms with van der Waals surface area (Å²) in [7, 11) is 0. The molecule has 2 aromatic rings. The highest BCUT2D eigenvalue weighted by atomic mass is 35.5. The summed E-state index contributed by atoms with van der Waals surface area (Å²) < 4.78 is 14.9. The van der Waals surface area contributed by atoms with Crippen molar-refractivity contribution in [3.63, 3.8) is 0 Å². The lowest BCUT2D eigenvalue weighted by molar-refractivity contribution is -0.137. The summed E-state index contributed by atoms with van der Waals surface area (Å²) in [4.78, 5) is 28.4. The number of benzene rings is 1. The lowest BCUT2D eigenvalue weighted by Crippen LogP contribution is -2.52. The van der Waals surface area contributed by atoms with Gasteiger partial charge in [0.2, 0.25) is 5.91 Å². The van der Waals surface area contributed by atoms with E-state index in [1.54, 1.807) is 26.7 Å². The minimum atomic E-state index is -0.433. The van der Waals surface area contributed by atoms with Gasteiger partial charge in [-0.1, -0.05) is 24.6 Å². The molecule has 1 aromatic carbocycles. The largest absolute Gasteiger partial charge is 0.339 e. The number of piperazine rings is 1. The standard InChI is InChI=1S/C18H20ClFN4O2/c1-13(11-24-12-15(19)10-21-24)17(25)22-5-7-23(8-6-22)18(26)14-3-2-4-16(20)9-14/h2-4,9-10,12-13H,5-8,11H2,1H3. The van der Waals surface area contributed by atoms with Crippen molar-refractivity contribution in [3.8, 4) is 0 Å². The molecule has 6 nitrogen and oxygen atoms in total. The molecule has 0 saturated carbocycles. The number of hydrogen-bond donors (Lipinski definition) is 0. The van der Waals surface area contributed by atoms with Crippen LogP contribution in [0, 0.1) is 11.7 Å². The summed E-state index contributed by atoms with van der Waals surface area (Å²) in [6, 6.07) is 5.66. The van der Waals surface area contributed by atoms with Gasteiger partial charge in [-0.15, -0.1) is 0 Å². The molecule has 1 saturated heterocycles. The number of carbonyl (C=O) groups is 2. The van der Waals surface area contributed by atoms with E-state index in [1.807, 2.05) is 6.92 Å². The summed E-state index contributed by atoms with van der Waals surface area (Å²) in [6.45, 7) is 4.09. The number of carbonyl (C=O) groups excluding carboxylic acids is 2. The maximum Gasteiger partial charge on any atom is 0.254 e. The van der Waals surface area contributed by atoms with Gasteiger partial charge in [0.1, 0.15) is 5.82 Å². The Labute approximate surface area is 156 Å². The summed E-state index contributed by atoms with van der Waals surface area (Å²) in [5.74, 6) is -0.862. The molecule has 0 radical (unpaired) electrons. The average Bonchev–Trinajstić information content (AvgIpc) is 3.05.